The van der Waals surface area contributed by atoms with Crippen LogP contribution < -0.4 is 16.0 Å². The highest BCUT2D eigenvalue weighted by Gasteiger charge is 2.31. The normalized spacial score (nSPS) is 18.8. The number of hydrogen-bond donors (Lipinski definition) is 2. The molecular weight excluding hydrogens is 262 g/mol. The SMILES string of the molecule is CCNCc1cccc(Cl)c1N1CCCC1C(N)=O. The quantitative estimate of drug-likeness (QED) is 0.867. The van der Waals surface area contributed by atoms with Gasteiger partial charge in [-0.3, -0.25) is 4.79 Å². The summed E-state index contributed by atoms with van der Waals surface area (Å²) in [6.45, 7) is 4.53. The highest BCUT2D eigenvalue weighted by Crippen LogP contribution is 2.35. The van der Waals surface area contributed by atoms with Crippen molar-refractivity contribution in [2.24, 2.45) is 5.73 Å². The van der Waals surface area contributed by atoms with Gasteiger partial charge in [0.25, 0.3) is 0 Å². The summed E-state index contributed by atoms with van der Waals surface area (Å²) in [6.07, 6.45) is 1.78. The van der Waals surface area contributed by atoms with Crippen LogP contribution in [0, 0.1) is 0 Å². The Morgan fingerprint density at radius 2 is 2.37 bits per heavy atom. The standard InChI is InChI=1S/C14H20ClN3O/c1-2-17-9-10-5-3-6-11(15)13(10)18-8-4-7-12(18)14(16)19/h3,5-6,12,17H,2,4,7-9H2,1H3,(H2,16,19). The number of carbonyl (C=O) groups excluding carboxylic acids is 1. The first-order valence-electron chi connectivity index (χ1n) is 6.69. The van der Waals surface area contributed by atoms with Crippen LogP contribution in [-0.4, -0.2) is 25.0 Å². The summed E-state index contributed by atoms with van der Waals surface area (Å²) in [6, 6.07) is 5.61. The van der Waals surface area contributed by atoms with Crippen molar-refractivity contribution in [3.05, 3.63) is 28.8 Å². The average molecular weight is 282 g/mol. The van der Waals surface area contributed by atoms with Crippen LogP contribution in [0.4, 0.5) is 5.69 Å². The van der Waals surface area contributed by atoms with Gasteiger partial charge in [-0.1, -0.05) is 30.7 Å². The third kappa shape index (κ3) is 3.01. The van der Waals surface area contributed by atoms with Crippen LogP contribution in [0.3, 0.4) is 0 Å². The molecule has 0 saturated carbocycles. The first kappa shape index (κ1) is 14.2. The Morgan fingerprint density at radius 1 is 1.58 bits per heavy atom. The minimum Gasteiger partial charge on any atom is -0.368 e. The lowest BCUT2D eigenvalue weighted by molar-refractivity contribution is -0.119. The van der Waals surface area contributed by atoms with Gasteiger partial charge in [0, 0.05) is 13.1 Å². The predicted octanol–water partition coefficient (Wildman–Crippen LogP) is 1.90. The van der Waals surface area contributed by atoms with Gasteiger partial charge in [0.2, 0.25) is 5.91 Å². The van der Waals surface area contributed by atoms with E-state index in [1.54, 1.807) is 0 Å². The molecule has 1 amide bonds. The van der Waals surface area contributed by atoms with E-state index in [-0.39, 0.29) is 11.9 Å². The van der Waals surface area contributed by atoms with Crippen LogP contribution in [0.5, 0.6) is 0 Å². The number of nitrogens with one attached hydrogen (secondary N) is 1. The van der Waals surface area contributed by atoms with Gasteiger partial charge in [-0.05, 0) is 31.0 Å². The van der Waals surface area contributed by atoms with Gasteiger partial charge in [0.15, 0.2) is 0 Å². The van der Waals surface area contributed by atoms with Gasteiger partial charge >= 0.3 is 0 Å². The molecule has 4 nitrogen and oxygen atoms in total. The number of anilines is 1. The molecule has 5 heteroatoms. The molecule has 2 rings (SSSR count). The molecule has 1 aliphatic rings. The van der Waals surface area contributed by atoms with Crippen molar-refractivity contribution in [3.8, 4) is 0 Å². The van der Waals surface area contributed by atoms with Crippen LogP contribution in [-0.2, 0) is 11.3 Å². The number of amides is 1. The summed E-state index contributed by atoms with van der Waals surface area (Å²) in [5.74, 6) is -0.271. The second kappa shape index (κ2) is 6.26. The fourth-order valence-corrected chi connectivity index (χ4v) is 2.92. The summed E-state index contributed by atoms with van der Waals surface area (Å²) in [5, 5.41) is 3.98. The predicted molar refractivity (Wildman–Crippen MR) is 78.4 cm³/mol. The van der Waals surface area contributed by atoms with Crippen molar-refractivity contribution in [2.75, 3.05) is 18.0 Å². The number of hydrogen-bond acceptors (Lipinski definition) is 3. The van der Waals surface area contributed by atoms with Crippen LogP contribution >= 0.6 is 11.6 Å². The minimum absolute atomic E-state index is 0.236. The van der Waals surface area contributed by atoms with Crippen molar-refractivity contribution >= 4 is 23.2 Å². The Balaban J connectivity index is 2.34. The van der Waals surface area contributed by atoms with E-state index in [2.05, 4.69) is 17.1 Å². The largest absolute Gasteiger partial charge is 0.368 e. The van der Waals surface area contributed by atoms with E-state index in [0.717, 1.165) is 43.7 Å². The molecule has 0 bridgehead atoms. The lowest BCUT2D eigenvalue weighted by Crippen LogP contribution is -2.41. The number of rotatable bonds is 5. The molecule has 0 aliphatic carbocycles. The van der Waals surface area contributed by atoms with E-state index < -0.39 is 0 Å². The van der Waals surface area contributed by atoms with Crippen molar-refractivity contribution in [2.45, 2.75) is 32.4 Å². The second-order valence-corrected chi connectivity index (χ2v) is 5.19. The third-order valence-electron chi connectivity index (χ3n) is 3.50. The fourth-order valence-electron chi connectivity index (χ4n) is 2.61. The van der Waals surface area contributed by atoms with Gasteiger partial charge in [-0.15, -0.1) is 0 Å². The summed E-state index contributed by atoms with van der Waals surface area (Å²) < 4.78 is 0. The molecule has 1 atom stereocenters. The van der Waals surface area contributed by atoms with Crippen LogP contribution in [0.1, 0.15) is 25.3 Å². The molecule has 1 heterocycles. The molecule has 0 aromatic heterocycles. The first-order chi connectivity index (χ1) is 9.15. The van der Waals surface area contributed by atoms with E-state index in [1.165, 1.54) is 0 Å². The smallest absolute Gasteiger partial charge is 0.240 e. The van der Waals surface area contributed by atoms with Gasteiger partial charge in [-0.25, -0.2) is 0 Å². The van der Waals surface area contributed by atoms with Gasteiger partial charge in [0.05, 0.1) is 10.7 Å². The molecule has 0 radical (unpaired) electrons. The number of nitrogens with zero attached hydrogens (tertiary/aromatic N) is 1. The van der Waals surface area contributed by atoms with Gasteiger partial charge in [0.1, 0.15) is 6.04 Å². The lowest BCUT2D eigenvalue weighted by atomic mass is 10.1. The molecule has 1 saturated heterocycles. The van der Waals surface area contributed by atoms with E-state index in [1.807, 2.05) is 18.2 Å². The molecule has 104 valence electrons. The molecule has 19 heavy (non-hydrogen) atoms. The molecule has 1 aliphatic heterocycles. The lowest BCUT2D eigenvalue weighted by Gasteiger charge is -2.28. The molecule has 3 N–H and O–H groups in total. The number of halogens is 1. The van der Waals surface area contributed by atoms with Crippen molar-refractivity contribution in [1.29, 1.82) is 0 Å². The van der Waals surface area contributed by atoms with Crippen LogP contribution in [0.25, 0.3) is 0 Å². The summed E-state index contributed by atoms with van der Waals surface area (Å²) in [4.78, 5) is 13.6. The molecular formula is C14H20ClN3O. The maximum Gasteiger partial charge on any atom is 0.240 e. The zero-order chi connectivity index (χ0) is 13.8. The molecule has 1 aromatic carbocycles. The topological polar surface area (TPSA) is 58.4 Å². The van der Waals surface area contributed by atoms with Crippen LogP contribution in [0.2, 0.25) is 5.02 Å². The van der Waals surface area contributed by atoms with Crippen molar-refractivity contribution < 1.29 is 4.79 Å². The van der Waals surface area contributed by atoms with Crippen LogP contribution in [0.15, 0.2) is 18.2 Å². The highest BCUT2D eigenvalue weighted by atomic mass is 35.5. The highest BCUT2D eigenvalue weighted by molar-refractivity contribution is 6.33. The second-order valence-electron chi connectivity index (χ2n) is 4.78. The monoisotopic (exact) mass is 281 g/mol. The fraction of sp³-hybridized carbons (Fsp3) is 0.500. The number of primary amides is 1. The van der Waals surface area contributed by atoms with E-state index in [0.29, 0.717) is 5.02 Å². The summed E-state index contributed by atoms with van der Waals surface area (Å²) >= 11 is 6.34. The molecule has 0 spiro atoms. The summed E-state index contributed by atoms with van der Waals surface area (Å²) in [7, 11) is 0. The zero-order valence-corrected chi connectivity index (χ0v) is 11.9. The molecule has 1 unspecified atom stereocenters. The van der Waals surface area contributed by atoms with Crippen molar-refractivity contribution in [3.63, 3.8) is 0 Å². The Hall–Kier alpha value is -1.26. The molecule has 1 aromatic rings. The first-order valence-corrected chi connectivity index (χ1v) is 7.07. The number of benzene rings is 1. The minimum atomic E-state index is -0.271. The van der Waals surface area contributed by atoms with E-state index in [9.17, 15) is 4.79 Å². The Kier molecular flexibility index (Phi) is 4.66. The summed E-state index contributed by atoms with van der Waals surface area (Å²) in [5.41, 5.74) is 7.55. The third-order valence-corrected chi connectivity index (χ3v) is 3.81. The number of nitrogens with two attached hydrogens (primary N) is 1. The van der Waals surface area contributed by atoms with Gasteiger partial charge < -0.3 is 16.0 Å². The zero-order valence-electron chi connectivity index (χ0n) is 11.2. The number of carbonyl (C=O) groups is 1. The average Bonchev–Trinajstić information content (AvgIpc) is 2.85. The Morgan fingerprint density at radius 3 is 3.05 bits per heavy atom. The Labute approximate surface area is 118 Å². The molecule has 1 fully saturated rings. The van der Waals surface area contributed by atoms with Crippen molar-refractivity contribution in [1.82, 2.24) is 5.32 Å². The van der Waals surface area contributed by atoms with E-state index in [4.69, 9.17) is 17.3 Å². The number of para-hydroxylation sites is 1. The van der Waals surface area contributed by atoms with E-state index >= 15 is 0 Å². The Bertz CT molecular complexity index is 464. The van der Waals surface area contributed by atoms with Gasteiger partial charge in [-0.2, -0.15) is 0 Å². The maximum absolute atomic E-state index is 11.5. The maximum atomic E-state index is 11.5.